The molecule has 0 unspecified atom stereocenters. The number of pyridine rings is 1. The third-order valence-corrected chi connectivity index (χ3v) is 4.55. The molecule has 0 atom stereocenters. The molecule has 1 N–H and O–H groups in total. The summed E-state index contributed by atoms with van der Waals surface area (Å²) < 4.78 is 1.75. The van der Waals surface area contributed by atoms with Crippen molar-refractivity contribution in [3.63, 3.8) is 0 Å². The van der Waals surface area contributed by atoms with Gasteiger partial charge < -0.3 is 5.32 Å². The van der Waals surface area contributed by atoms with Crippen molar-refractivity contribution in [1.29, 1.82) is 0 Å². The van der Waals surface area contributed by atoms with Crippen molar-refractivity contribution in [3.8, 4) is 17.5 Å². The Morgan fingerprint density at radius 1 is 1.03 bits per heavy atom. The number of hydrogen-bond donors (Lipinski definition) is 1. The lowest BCUT2D eigenvalue weighted by Crippen LogP contribution is -2.23. The molecule has 4 rings (SSSR count). The van der Waals surface area contributed by atoms with Crippen LogP contribution < -0.4 is 5.32 Å². The zero-order valence-corrected chi connectivity index (χ0v) is 16.5. The van der Waals surface area contributed by atoms with Crippen molar-refractivity contribution >= 4 is 5.91 Å². The molecule has 0 aliphatic carbocycles. The van der Waals surface area contributed by atoms with E-state index < -0.39 is 0 Å². The van der Waals surface area contributed by atoms with Gasteiger partial charge >= 0.3 is 0 Å². The molecule has 0 bridgehead atoms. The average molecular weight is 392 g/mol. The van der Waals surface area contributed by atoms with E-state index in [1.54, 1.807) is 35.4 Å². The second-order valence-corrected chi connectivity index (χ2v) is 6.85. The Balaban J connectivity index is 1.63. The highest BCUT2D eigenvalue weighted by molar-refractivity contribution is 5.95. The van der Waals surface area contributed by atoms with Gasteiger partial charge in [-0.2, -0.15) is 5.10 Å². The smallest absolute Gasteiger partial charge is 0.251 e. The maximum atomic E-state index is 12.7. The molecule has 5 nitrogen and oxygen atoms in total. The van der Waals surface area contributed by atoms with Gasteiger partial charge in [0, 0.05) is 42.5 Å². The summed E-state index contributed by atoms with van der Waals surface area (Å²) in [6.07, 6.45) is 7.01. The molecule has 2 aromatic carbocycles. The van der Waals surface area contributed by atoms with Gasteiger partial charge in [-0.25, -0.2) is 4.68 Å². The van der Waals surface area contributed by atoms with Crippen molar-refractivity contribution in [3.05, 3.63) is 113 Å². The van der Waals surface area contributed by atoms with Crippen LogP contribution in [0.25, 0.3) is 5.69 Å². The van der Waals surface area contributed by atoms with Crippen LogP contribution in [-0.2, 0) is 6.54 Å². The van der Waals surface area contributed by atoms with Gasteiger partial charge in [0.05, 0.1) is 11.3 Å². The van der Waals surface area contributed by atoms with Gasteiger partial charge in [0.25, 0.3) is 5.91 Å². The van der Waals surface area contributed by atoms with E-state index in [1.807, 2.05) is 61.7 Å². The minimum absolute atomic E-state index is 0.163. The van der Waals surface area contributed by atoms with Crippen LogP contribution in [0, 0.1) is 18.8 Å². The number of rotatable bonds is 4. The number of amides is 1. The number of nitrogens with zero attached hydrogens (tertiary/aromatic N) is 3. The molecular weight excluding hydrogens is 372 g/mol. The van der Waals surface area contributed by atoms with Crippen LogP contribution in [0.5, 0.6) is 0 Å². The molecule has 1 amide bonds. The van der Waals surface area contributed by atoms with Gasteiger partial charge in [-0.15, -0.1) is 0 Å². The standard InChI is InChI=1S/C25H20N4O/c1-19-5-2-6-20(15-19)8-9-22-16-23(10-11-24(22)29-14-4-13-28-29)25(30)27-18-21-7-3-12-26-17-21/h2-7,10-17H,18H2,1H3,(H,27,30). The summed E-state index contributed by atoms with van der Waals surface area (Å²) in [5, 5.41) is 7.24. The van der Waals surface area contributed by atoms with Gasteiger partial charge in [0.15, 0.2) is 0 Å². The van der Waals surface area contributed by atoms with Gasteiger partial charge in [-0.1, -0.05) is 30.0 Å². The van der Waals surface area contributed by atoms with E-state index >= 15 is 0 Å². The first-order chi connectivity index (χ1) is 14.7. The van der Waals surface area contributed by atoms with E-state index in [0.29, 0.717) is 12.1 Å². The van der Waals surface area contributed by atoms with Crippen LogP contribution in [-0.4, -0.2) is 20.7 Å². The second-order valence-electron chi connectivity index (χ2n) is 6.85. The first kappa shape index (κ1) is 19.2. The third-order valence-electron chi connectivity index (χ3n) is 4.55. The third kappa shape index (κ3) is 4.62. The Bertz CT molecular complexity index is 1220. The van der Waals surface area contributed by atoms with Crippen LogP contribution in [0.4, 0.5) is 0 Å². The molecule has 0 radical (unpaired) electrons. The Labute approximate surface area is 175 Å². The number of nitrogens with one attached hydrogen (secondary N) is 1. The number of aryl methyl sites for hydroxylation is 1. The summed E-state index contributed by atoms with van der Waals surface area (Å²) in [7, 11) is 0. The number of carbonyl (C=O) groups is 1. The molecule has 0 saturated carbocycles. The maximum Gasteiger partial charge on any atom is 0.251 e. The number of carbonyl (C=O) groups excluding carboxylic acids is 1. The van der Waals surface area contributed by atoms with Crippen molar-refractivity contribution < 1.29 is 4.79 Å². The SMILES string of the molecule is Cc1cccc(C#Cc2cc(C(=O)NCc3cccnc3)ccc2-n2cccn2)c1. The summed E-state index contributed by atoms with van der Waals surface area (Å²) in [6, 6.07) is 19.1. The Hall–Kier alpha value is -4.17. The summed E-state index contributed by atoms with van der Waals surface area (Å²) >= 11 is 0. The van der Waals surface area contributed by atoms with E-state index in [-0.39, 0.29) is 5.91 Å². The van der Waals surface area contributed by atoms with Crippen molar-refractivity contribution in [2.24, 2.45) is 0 Å². The first-order valence-corrected chi connectivity index (χ1v) is 9.59. The lowest BCUT2D eigenvalue weighted by atomic mass is 10.1. The number of hydrogen-bond acceptors (Lipinski definition) is 3. The van der Waals surface area contributed by atoms with Gasteiger partial charge in [0.1, 0.15) is 0 Å². The summed E-state index contributed by atoms with van der Waals surface area (Å²) in [6.45, 7) is 2.45. The predicted molar refractivity (Wildman–Crippen MR) is 116 cm³/mol. The van der Waals surface area contributed by atoms with Crippen molar-refractivity contribution in [1.82, 2.24) is 20.1 Å². The Kier molecular flexibility index (Phi) is 5.68. The van der Waals surface area contributed by atoms with E-state index in [9.17, 15) is 4.79 Å². The van der Waals surface area contributed by atoms with Crippen LogP contribution in [0.2, 0.25) is 0 Å². The van der Waals surface area contributed by atoms with Crippen LogP contribution in [0.1, 0.15) is 32.6 Å². The molecule has 0 aliphatic heterocycles. The average Bonchev–Trinajstić information content (AvgIpc) is 3.31. The maximum absolute atomic E-state index is 12.7. The predicted octanol–water partition coefficient (Wildman–Crippen LogP) is 3.91. The molecule has 146 valence electrons. The minimum atomic E-state index is -0.163. The van der Waals surface area contributed by atoms with Crippen LogP contribution in [0.15, 0.2) is 85.5 Å². The van der Waals surface area contributed by atoms with E-state index in [1.165, 1.54) is 0 Å². The van der Waals surface area contributed by atoms with Crippen LogP contribution >= 0.6 is 0 Å². The highest BCUT2D eigenvalue weighted by Gasteiger charge is 2.10. The largest absolute Gasteiger partial charge is 0.348 e. The molecular formula is C25H20N4O. The van der Waals surface area contributed by atoms with E-state index in [4.69, 9.17) is 0 Å². The van der Waals surface area contributed by atoms with Gasteiger partial charge in [-0.05, 0) is 60.5 Å². The fourth-order valence-electron chi connectivity index (χ4n) is 3.04. The molecule has 0 aliphatic rings. The minimum Gasteiger partial charge on any atom is -0.348 e. The number of aromatic nitrogens is 3. The van der Waals surface area contributed by atoms with Gasteiger partial charge in [0.2, 0.25) is 0 Å². The topological polar surface area (TPSA) is 59.8 Å². The molecule has 0 spiro atoms. The highest BCUT2D eigenvalue weighted by atomic mass is 16.1. The first-order valence-electron chi connectivity index (χ1n) is 9.59. The zero-order chi connectivity index (χ0) is 20.8. The second kappa shape index (κ2) is 8.89. The fraction of sp³-hybridized carbons (Fsp3) is 0.0800. The quantitative estimate of drug-likeness (QED) is 0.536. The summed E-state index contributed by atoms with van der Waals surface area (Å²) in [5.41, 5.74) is 5.12. The Morgan fingerprint density at radius 2 is 1.97 bits per heavy atom. The zero-order valence-electron chi connectivity index (χ0n) is 16.5. The fourth-order valence-corrected chi connectivity index (χ4v) is 3.04. The molecule has 2 heterocycles. The van der Waals surface area contributed by atoms with E-state index in [0.717, 1.165) is 27.9 Å². The van der Waals surface area contributed by atoms with Crippen LogP contribution in [0.3, 0.4) is 0 Å². The van der Waals surface area contributed by atoms with Crippen molar-refractivity contribution in [2.45, 2.75) is 13.5 Å². The normalized spacial score (nSPS) is 10.2. The molecule has 2 aromatic heterocycles. The Morgan fingerprint density at radius 3 is 2.73 bits per heavy atom. The monoisotopic (exact) mass is 392 g/mol. The van der Waals surface area contributed by atoms with Gasteiger partial charge in [-0.3, -0.25) is 9.78 Å². The van der Waals surface area contributed by atoms with E-state index in [2.05, 4.69) is 27.2 Å². The molecule has 5 heteroatoms. The lowest BCUT2D eigenvalue weighted by Gasteiger charge is -2.09. The molecule has 4 aromatic rings. The van der Waals surface area contributed by atoms with Crippen molar-refractivity contribution in [2.75, 3.05) is 0 Å². The highest BCUT2D eigenvalue weighted by Crippen LogP contribution is 2.16. The number of benzene rings is 2. The summed E-state index contributed by atoms with van der Waals surface area (Å²) in [4.78, 5) is 16.8. The molecule has 0 saturated heterocycles. The molecule has 0 fully saturated rings. The molecule has 30 heavy (non-hydrogen) atoms. The summed E-state index contributed by atoms with van der Waals surface area (Å²) in [5.74, 6) is 6.25. The lowest BCUT2D eigenvalue weighted by molar-refractivity contribution is 0.0951.